The number of rotatable bonds is 4. The fourth-order valence-electron chi connectivity index (χ4n) is 1.43. The summed E-state index contributed by atoms with van der Waals surface area (Å²) in [5.41, 5.74) is 0. The summed E-state index contributed by atoms with van der Waals surface area (Å²) >= 11 is 0. The van der Waals surface area contributed by atoms with Gasteiger partial charge in [0.1, 0.15) is 0 Å². The SMILES string of the molecule is CC1OCCC1NCC(C)S(C)=O. The van der Waals surface area contributed by atoms with E-state index >= 15 is 0 Å². The van der Waals surface area contributed by atoms with Crippen LogP contribution in [0.1, 0.15) is 20.3 Å². The Balaban J connectivity index is 2.22. The highest BCUT2D eigenvalue weighted by Crippen LogP contribution is 2.12. The molecule has 4 atom stereocenters. The number of hydrogen-bond donors (Lipinski definition) is 1. The highest BCUT2D eigenvalue weighted by molar-refractivity contribution is 7.84. The van der Waals surface area contributed by atoms with Crippen LogP contribution in [0.25, 0.3) is 0 Å². The minimum atomic E-state index is -0.725. The molecule has 1 aliphatic rings. The van der Waals surface area contributed by atoms with E-state index in [4.69, 9.17) is 4.74 Å². The highest BCUT2D eigenvalue weighted by atomic mass is 32.2. The van der Waals surface area contributed by atoms with Crippen molar-refractivity contribution in [1.29, 1.82) is 0 Å². The van der Waals surface area contributed by atoms with E-state index < -0.39 is 10.8 Å². The van der Waals surface area contributed by atoms with Gasteiger partial charge in [-0.1, -0.05) is 0 Å². The predicted octanol–water partition coefficient (Wildman–Crippen LogP) is 0.520. The summed E-state index contributed by atoms with van der Waals surface area (Å²) in [5.74, 6) is 0. The molecule has 3 nitrogen and oxygen atoms in total. The van der Waals surface area contributed by atoms with Crippen LogP contribution in [0.3, 0.4) is 0 Å². The van der Waals surface area contributed by atoms with Crippen LogP contribution in [0.15, 0.2) is 0 Å². The van der Waals surface area contributed by atoms with Crippen LogP contribution >= 0.6 is 0 Å². The first kappa shape index (κ1) is 11.1. The smallest absolute Gasteiger partial charge is 0.0700 e. The van der Waals surface area contributed by atoms with E-state index in [1.807, 2.05) is 6.92 Å². The predicted molar refractivity (Wildman–Crippen MR) is 55.4 cm³/mol. The Kier molecular flexibility index (Phi) is 4.35. The summed E-state index contributed by atoms with van der Waals surface area (Å²) in [6.07, 6.45) is 3.13. The Labute approximate surface area is 82.7 Å². The molecule has 1 heterocycles. The zero-order valence-corrected chi connectivity index (χ0v) is 9.39. The second-order valence-electron chi connectivity index (χ2n) is 3.69. The van der Waals surface area contributed by atoms with E-state index in [-0.39, 0.29) is 5.25 Å². The molecule has 1 rings (SSSR count). The van der Waals surface area contributed by atoms with Crippen molar-refractivity contribution >= 4 is 10.8 Å². The van der Waals surface area contributed by atoms with Crippen molar-refractivity contribution in [3.8, 4) is 0 Å². The Hall–Kier alpha value is 0.0700. The van der Waals surface area contributed by atoms with E-state index in [2.05, 4.69) is 12.2 Å². The van der Waals surface area contributed by atoms with Crippen molar-refractivity contribution in [2.45, 2.75) is 37.7 Å². The Bertz CT molecular complexity index is 186. The zero-order valence-electron chi connectivity index (χ0n) is 8.58. The van der Waals surface area contributed by atoms with Crippen LogP contribution in [-0.2, 0) is 15.5 Å². The van der Waals surface area contributed by atoms with Gasteiger partial charge in [0.15, 0.2) is 0 Å². The first-order valence-corrected chi connectivity index (χ1v) is 6.40. The second kappa shape index (κ2) is 5.08. The maximum absolute atomic E-state index is 11.1. The van der Waals surface area contributed by atoms with Gasteiger partial charge in [-0.25, -0.2) is 0 Å². The van der Waals surface area contributed by atoms with Crippen molar-refractivity contribution < 1.29 is 8.95 Å². The molecule has 0 spiro atoms. The molecule has 78 valence electrons. The van der Waals surface area contributed by atoms with E-state index in [9.17, 15) is 4.21 Å². The van der Waals surface area contributed by atoms with Crippen LogP contribution < -0.4 is 5.32 Å². The van der Waals surface area contributed by atoms with Gasteiger partial charge in [-0.15, -0.1) is 0 Å². The molecule has 4 unspecified atom stereocenters. The molecule has 1 aliphatic heterocycles. The molecule has 0 saturated carbocycles. The van der Waals surface area contributed by atoms with Crippen LogP contribution in [0, 0.1) is 0 Å². The molecule has 0 aromatic carbocycles. The summed E-state index contributed by atoms with van der Waals surface area (Å²) in [5, 5.41) is 3.62. The van der Waals surface area contributed by atoms with Gasteiger partial charge in [0.2, 0.25) is 0 Å². The van der Waals surface area contributed by atoms with E-state index in [1.54, 1.807) is 6.26 Å². The Morgan fingerprint density at radius 3 is 2.85 bits per heavy atom. The standard InChI is InChI=1S/C9H19NO2S/c1-7(13(3)11)6-10-9-4-5-12-8(9)2/h7-10H,4-6H2,1-3H3. The van der Waals surface area contributed by atoms with Gasteiger partial charge in [-0.3, -0.25) is 4.21 Å². The molecule has 1 fully saturated rings. The minimum absolute atomic E-state index is 0.229. The summed E-state index contributed by atoms with van der Waals surface area (Å²) in [4.78, 5) is 0. The van der Waals surface area contributed by atoms with Crippen molar-refractivity contribution in [3.63, 3.8) is 0 Å². The first-order chi connectivity index (χ1) is 6.11. The average molecular weight is 205 g/mol. The number of nitrogens with one attached hydrogen (secondary N) is 1. The quantitative estimate of drug-likeness (QED) is 0.727. The molecule has 0 aliphatic carbocycles. The molecular formula is C9H19NO2S. The number of ether oxygens (including phenoxy) is 1. The van der Waals surface area contributed by atoms with E-state index in [0.29, 0.717) is 12.1 Å². The summed E-state index contributed by atoms with van der Waals surface area (Å²) in [7, 11) is -0.725. The molecular weight excluding hydrogens is 186 g/mol. The van der Waals surface area contributed by atoms with Crippen LogP contribution in [0.2, 0.25) is 0 Å². The third-order valence-electron chi connectivity index (χ3n) is 2.61. The highest BCUT2D eigenvalue weighted by Gasteiger charge is 2.24. The zero-order chi connectivity index (χ0) is 9.84. The molecule has 0 amide bonds. The van der Waals surface area contributed by atoms with Gasteiger partial charge in [0, 0.05) is 41.5 Å². The lowest BCUT2D eigenvalue weighted by atomic mass is 10.1. The van der Waals surface area contributed by atoms with E-state index in [0.717, 1.165) is 19.6 Å². The molecule has 13 heavy (non-hydrogen) atoms. The Morgan fingerprint density at radius 1 is 1.69 bits per heavy atom. The molecule has 4 heteroatoms. The molecule has 1 N–H and O–H groups in total. The fraction of sp³-hybridized carbons (Fsp3) is 1.00. The minimum Gasteiger partial charge on any atom is -0.377 e. The largest absolute Gasteiger partial charge is 0.377 e. The lowest BCUT2D eigenvalue weighted by Crippen LogP contribution is -2.39. The maximum Gasteiger partial charge on any atom is 0.0700 e. The van der Waals surface area contributed by atoms with Crippen molar-refractivity contribution in [3.05, 3.63) is 0 Å². The lowest BCUT2D eigenvalue weighted by molar-refractivity contribution is 0.113. The van der Waals surface area contributed by atoms with E-state index in [1.165, 1.54) is 0 Å². The van der Waals surface area contributed by atoms with Crippen molar-refractivity contribution in [2.24, 2.45) is 0 Å². The summed E-state index contributed by atoms with van der Waals surface area (Å²) < 4.78 is 16.5. The summed E-state index contributed by atoms with van der Waals surface area (Å²) in [6.45, 7) is 5.76. The number of hydrogen-bond acceptors (Lipinski definition) is 3. The monoisotopic (exact) mass is 205 g/mol. The van der Waals surface area contributed by atoms with Gasteiger partial charge < -0.3 is 10.1 Å². The van der Waals surface area contributed by atoms with Gasteiger partial charge in [0.25, 0.3) is 0 Å². The molecule has 0 aromatic heterocycles. The van der Waals surface area contributed by atoms with Crippen molar-refractivity contribution in [1.82, 2.24) is 5.32 Å². The lowest BCUT2D eigenvalue weighted by Gasteiger charge is -2.18. The van der Waals surface area contributed by atoms with Gasteiger partial charge in [-0.2, -0.15) is 0 Å². The topological polar surface area (TPSA) is 38.3 Å². The van der Waals surface area contributed by atoms with Crippen LogP contribution in [0.5, 0.6) is 0 Å². The second-order valence-corrected chi connectivity index (χ2v) is 5.49. The molecule has 0 radical (unpaired) electrons. The maximum atomic E-state index is 11.1. The third kappa shape index (κ3) is 3.37. The molecule has 0 bridgehead atoms. The summed E-state index contributed by atoms with van der Waals surface area (Å²) in [6, 6.07) is 0.450. The van der Waals surface area contributed by atoms with Crippen LogP contribution in [0.4, 0.5) is 0 Å². The Morgan fingerprint density at radius 2 is 2.38 bits per heavy atom. The third-order valence-corrected chi connectivity index (χ3v) is 3.91. The van der Waals surface area contributed by atoms with Gasteiger partial charge >= 0.3 is 0 Å². The van der Waals surface area contributed by atoms with Gasteiger partial charge in [-0.05, 0) is 20.3 Å². The molecule has 0 aromatic rings. The molecule has 1 saturated heterocycles. The van der Waals surface area contributed by atoms with Gasteiger partial charge in [0.05, 0.1) is 6.10 Å². The first-order valence-electron chi connectivity index (χ1n) is 4.78. The van der Waals surface area contributed by atoms with Crippen LogP contribution in [-0.4, -0.2) is 41.0 Å². The fourth-order valence-corrected chi connectivity index (χ4v) is 1.77. The van der Waals surface area contributed by atoms with Crippen molar-refractivity contribution in [2.75, 3.05) is 19.4 Å². The normalized spacial score (nSPS) is 33.2. The average Bonchev–Trinajstić information content (AvgIpc) is 2.47.